The molecule has 180 valence electrons. The van der Waals surface area contributed by atoms with Crippen molar-refractivity contribution in [3.05, 3.63) is 108 Å². The van der Waals surface area contributed by atoms with Gasteiger partial charge in [-0.05, 0) is 54.8 Å². The third kappa shape index (κ3) is 5.37. The lowest BCUT2D eigenvalue weighted by atomic mass is 10.1. The second-order valence-electron chi connectivity index (χ2n) is 8.09. The molecule has 4 aromatic carbocycles. The van der Waals surface area contributed by atoms with Crippen molar-refractivity contribution >= 4 is 45.7 Å². The molecule has 6 nitrogen and oxygen atoms in total. The minimum atomic E-state index is -0.416. The molecule has 0 bridgehead atoms. The van der Waals surface area contributed by atoms with Gasteiger partial charge in [-0.2, -0.15) is 0 Å². The Morgan fingerprint density at radius 2 is 1.67 bits per heavy atom. The standard InChI is InChI=1S/C28H23ClN4O2S/c1-19(27(34)30-25-13-7-9-20-8-5-6-12-24(20)25)36-28-32-31-26(33(28)22-10-3-2-4-11-22)18-35-23-16-14-21(29)15-17-23/h2-17,19H,18H2,1H3,(H,30,34)/t19-/m1/s1. The van der Waals surface area contributed by atoms with Crippen molar-refractivity contribution in [2.45, 2.75) is 23.9 Å². The Morgan fingerprint density at radius 3 is 2.47 bits per heavy atom. The Bertz CT molecular complexity index is 1480. The summed E-state index contributed by atoms with van der Waals surface area (Å²) < 4.78 is 7.84. The highest BCUT2D eigenvalue weighted by atomic mass is 35.5. The van der Waals surface area contributed by atoms with E-state index in [2.05, 4.69) is 15.5 Å². The van der Waals surface area contributed by atoms with E-state index >= 15 is 0 Å². The molecule has 0 spiro atoms. The van der Waals surface area contributed by atoms with Gasteiger partial charge in [-0.25, -0.2) is 0 Å². The lowest BCUT2D eigenvalue weighted by Gasteiger charge is -2.15. The first-order valence-corrected chi connectivity index (χ1v) is 12.7. The van der Waals surface area contributed by atoms with Crippen LogP contribution in [0, 0.1) is 0 Å². The number of carbonyl (C=O) groups excluding carboxylic acids is 1. The minimum absolute atomic E-state index is 0.113. The average molecular weight is 515 g/mol. The number of thioether (sulfide) groups is 1. The SMILES string of the molecule is C[C@@H](Sc1nnc(COc2ccc(Cl)cc2)n1-c1ccccc1)C(=O)Nc1cccc2ccccc12. The second-order valence-corrected chi connectivity index (χ2v) is 9.83. The van der Waals surface area contributed by atoms with Crippen LogP contribution >= 0.6 is 23.4 Å². The number of nitrogens with zero attached hydrogens (tertiary/aromatic N) is 3. The molecule has 1 N–H and O–H groups in total. The van der Waals surface area contributed by atoms with E-state index in [0.29, 0.717) is 21.8 Å². The van der Waals surface area contributed by atoms with Crippen LogP contribution in [0.3, 0.4) is 0 Å². The summed E-state index contributed by atoms with van der Waals surface area (Å²) in [6.45, 7) is 2.07. The first-order chi connectivity index (χ1) is 17.6. The van der Waals surface area contributed by atoms with Gasteiger partial charge in [0.15, 0.2) is 11.0 Å². The van der Waals surface area contributed by atoms with Crippen molar-refractivity contribution in [3.8, 4) is 11.4 Å². The molecular weight excluding hydrogens is 492 g/mol. The lowest BCUT2D eigenvalue weighted by molar-refractivity contribution is -0.115. The number of anilines is 1. The van der Waals surface area contributed by atoms with E-state index in [4.69, 9.17) is 16.3 Å². The van der Waals surface area contributed by atoms with Crippen LogP contribution in [0.2, 0.25) is 5.02 Å². The molecule has 0 saturated heterocycles. The topological polar surface area (TPSA) is 69.0 Å². The van der Waals surface area contributed by atoms with Crippen LogP contribution in [0.5, 0.6) is 5.75 Å². The molecule has 0 radical (unpaired) electrons. The summed E-state index contributed by atoms with van der Waals surface area (Å²) in [4.78, 5) is 13.1. The highest BCUT2D eigenvalue weighted by molar-refractivity contribution is 8.00. The molecule has 1 heterocycles. The fourth-order valence-corrected chi connectivity index (χ4v) is 4.78. The summed E-state index contributed by atoms with van der Waals surface area (Å²) in [5, 5.41) is 14.7. The van der Waals surface area contributed by atoms with E-state index < -0.39 is 5.25 Å². The van der Waals surface area contributed by atoms with Gasteiger partial charge >= 0.3 is 0 Å². The molecule has 36 heavy (non-hydrogen) atoms. The molecule has 1 aromatic heterocycles. The number of aromatic nitrogens is 3. The van der Waals surface area contributed by atoms with Gasteiger partial charge in [0, 0.05) is 21.8 Å². The van der Waals surface area contributed by atoms with Gasteiger partial charge in [0.2, 0.25) is 5.91 Å². The molecule has 0 fully saturated rings. The summed E-state index contributed by atoms with van der Waals surface area (Å²) in [6, 6.07) is 30.8. The van der Waals surface area contributed by atoms with Crippen molar-refractivity contribution < 1.29 is 9.53 Å². The maximum absolute atomic E-state index is 13.1. The van der Waals surface area contributed by atoms with E-state index in [9.17, 15) is 4.79 Å². The third-order valence-electron chi connectivity index (χ3n) is 5.60. The molecular formula is C28H23ClN4O2S. The molecule has 0 aliphatic rings. The van der Waals surface area contributed by atoms with E-state index in [1.54, 1.807) is 24.3 Å². The van der Waals surface area contributed by atoms with Crippen LogP contribution in [0.1, 0.15) is 12.7 Å². The molecule has 1 atom stereocenters. The van der Waals surface area contributed by atoms with Crippen LogP contribution in [0.4, 0.5) is 5.69 Å². The molecule has 5 rings (SSSR count). The number of halogens is 1. The Labute approximate surface area is 218 Å². The fraction of sp³-hybridized carbons (Fsp3) is 0.107. The number of para-hydroxylation sites is 1. The highest BCUT2D eigenvalue weighted by Crippen LogP contribution is 2.29. The predicted octanol–water partition coefficient (Wildman–Crippen LogP) is 6.77. The zero-order chi connectivity index (χ0) is 24.9. The fourth-order valence-electron chi connectivity index (χ4n) is 3.77. The zero-order valence-corrected chi connectivity index (χ0v) is 21.0. The van der Waals surface area contributed by atoms with Crippen LogP contribution in [-0.2, 0) is 11.4 Å². The summed E-state index contributed by atoms with van der Waals surface area (Å²) in [7, 11) is 0. The van der Waals surface area contributed by atoms with E-state index in [1.807, 2.05) is 84.3 Å². The number of amides is 1. The Kier molecular flexibility index (Phi) is 7.21. The number of hydrogen-bond donors (Lipinski definition) is 1. The maximum atomic E-state index is 13.1. The van der Waals surface area contributed by atoms with E-state index in [-0.39, 0.29) is 12.5 Å². The summed E-state index contributed by atoms with van der Waals surface area (Å²) in [6.07, 6.45) is 0. The Morgan fingerprint density at radius 1 is 0.944 bits per heavy atom. The normalized spacial score (nSPS) is 11.8. The molecule has 5 aromatic rings. The predicted molar refractivity (Wildman–Crippen MR) is 145 cm³/mol. The molecule has 0 aliphatic carbocycles. The van der Waals surface area contributed by atoms with Crippen molar-refractivity contribution in [1.82, 2.24) is 14.8 Å². The molecule has 0 aliphatic heterocycles. The number of benzene rings is 4. The van der Waals surface area contributed by atoms with Crippen molar-refractivity contribution in [3.63, 3.8) is 0 Å². The van der Waals surface area contributed by atoms with Crippen LogP contribution in [0.25, 0.3) is 16.5 Å². The average Bonchev–Trinajstić information content (AvgIpc) is 3.31. The molecule has 8 heteroatoms. The van der Waals surface area contributed by atoms with Gasteiger partial charge in [0.05, 0.1) is 5.25 Å². The largest absolute Gasteiger partial charge is 0.486 e. The van der Waals surface area contributed by atoms with Gasteiger partial charge in [0.1, 0.15) is 12.4 Å². The van der Waals surface area contributed by atoms with Crippen LogP contribution < -0.4 is 10.1 Å². The second kappa shape index (κ2) is 10.8. The maximum Gasteiger partial charge on any atom is 0.237 e. The summed E-state index contributed by atoms with van der Waals surface area (Å²) >= 11 is 7.32. The number of carbonyl (C=O) groups is 1. The van der Waals surface area contributed by atoms with Gasteiger partial charge in [-0.3, -0.25) is 9.36 Å². The van der Waals surface area contributed by atoms with Gasteiger partial charge in [-0.15, -0.1) is 10.2 Å². The first-order valence-electron chi connectivity index (χ1n) is 11.4. The monoisotopic (exact) mass is 514 g/mol. The van der Waals surface area contributed by atoms with Gasteiger partial charge in [0.25, 0.3) is 0 Å². The zero-order valence-electron chi connectivity index (χ0n) is 19.5. The van der Waals surface area contributed by atoms with Gasteiger partial charge in [-0.1, -0.05) is 78.0 Å². The first kappa shape index (κ1) is 23.9. The van der Waals surface area contributed by atoms with E-state index in [0.717, 1.165) is 22.1 Å². The van der Waals surface area contributed by atoms with Crippen molar-refractivity contribution in [1.29, 1.82) is 0 Å². The molecule has 0 saturated carbocycles. The van der Waals surface area contributed by atoms with Crippen molar-refractivity contribution in [2.24, 2.45) is 0 Å². The quantitative estimate of drug-likeness (QED) is 0.231. The van der Waals surface area contributed by atoms with Crippen molar-refractivity contribution in [2.75, 3.05) is 5.32 Å². The number of rotatable bonds is 8. The number of fused-ring (bicyclic) bond motifs is 1. The summed E-state index contributed by atoms with van der Waals surface area (Å²) in [5.74, 6) is 1.19. The number of ether oxygens (including phenoxy) is 1. The summed E-state index contributed by atoms with van der Waals surface area (Å²) in [5.41, 5.74) is 1.67. The lowest BCUT2D eigenvalue weighted by Crippen LogP contribution is -2.23. The number of hydrogen-bond acceptors (Lipinski definition) is 5. The van der Waals surface area contributed by atoms with E-state index in [1.165, 1.54) is 11.8 Å². The molecule has 1 amide bonds. The van der Waals surface area contributed by atoms with Gasteiger partial charge < -0.3 is 10.1 Å². The highest BCUT2D eigenvalue weighted by Gasteiger charge is 2.22. The molecule has 0 unspecified atom stereocenters. The number of nitrogens with one attached hydrogen (secondary N) is 1. The Balaban J connectivity index is 1.36. The Hall–Kier alpha value is -3.81. The van der Waals surface area contributed by atoms with Crippen LogP contribution in [-0.4, -0.2) is 25.9 Å². The van der Waals surface area contributed by atoms with Crippen LogP contribution in [0.15, 0.2) is 102 Å². The minimum Gasteiger partial charge on any atom is -0.486 e. The third-order valence-corrected chi connectivity index (χ3v) is 6.89. The smallest absolute Gasteiger partial charge is 0.237 e.